The van der Waals surface area contributed by atoms with Crippen LogP contribution < -0.4 is 10.5 Å². The summed E-state index contributed by atoms with van der Waals surface area (Å²) in [6.45, 7) is 0. The van der Waals surface area contributed by atoms with E-state index in [0.29, 0.717) is 5.13 Å². The molecule has 61 valence electrons. The van der Waals surface area contributed by atoms with E-state index < -0.39 is 0 Å². The third-order valence-corrected chi connectivity index (χ3v) is 2.36. The molecule has 4 heteroatoms. The predicted octanol–water partition coefficient (Wildman–Crippen LogP) is 1.69. The molecule has 0 saturated carbocycles. The van der Waals surface area contributed by atoms with Gasteiger partial charge in [0.15, 0.2) is 5.13 Å². The van der Waals surface area contributed by atoms with Crippen LogP contribution in [0, 0.1) is 6.07 Å². The second-order valence-electron chi connectivity index (χ2n) is 2.30. The predicted molar refractivity (Wildman–Crippen MR) is 49.4 cm³/mol. The second kappa shape index (κ2) is 2.64. The summed E-state index contributed by atoms with van der Waals surface area (Å²) in [7, 11) is 1.62. The van der Waals surface area contributed by atoms with Gasteiger partial charge >= 0.3 is 0 Å². The lowest BCUT2D eigenvalue weighted by Gasteiger charge is -1.95. The average Bonchev–Trinajstić information content (AvgIpc) is 2.43. The molecule has 1 radical (unpaired) electrons. The summed E-state index contributed by atoms with van der Waals surface area (Å²) in [6, 6.07) is 6.64. The van der Waals surface area contributed by atoms with Crippen LogP contribution in [0.15, 0.2) is 12.1 Å². The van der Waals surface area contributed by atoms with E-state index in [4.69, 9.17) is 10.5 Å². The highest BCUT2D eigenvalue weighted by atomic mass is 32.1. The molecule has 0 spiro atoms. The number of fused-ring (bicyclic) bond motifs is 1. The molecule has 0 aliphatic carbocycles. The minimum absolute atomic E-state index is 0.564. The topological polar surface area (TPSA) is 48.1 Å². The zero-order chi connectivity index (χ0) is 8.55. The van der Waals surface area contributed by atoms with Gasteiger partial charge in [0.1, 0.15) is 5.75 Å². The summed E-state index contributed by atoms with van der Waals surface area (Å²) in [5.41, 5.74) is 6.33. The first kappa shape index (κ1) is 7.36. The van der Waals surface area contributed by atoms with Gasteiger partial charge < -0.3 is 10.5 Å². The third kappa shape index (κ3) is 1.10. The number of hydrogen-bond acceptors (Lipinski definition) is 4. The van der Waals surface area contributed by atoms with Crippen molar-refractivity contribution in [3.05, 3.63) is 18.2 Å². The lowest BCUT2D eigenvalue weighted by atomic mass is 10.3. The molecule has 0 aliphatic heterocycles. The van der Waals surface area contributed by atoms with Crippen molar-refractivity contribution in [3.8, 4) is 5.75 Å². The molecule has 0 amide bonds. The maximum Gasteiger partial charge on any atom is 0.181 e. The van der Waals surface area contributed by atoms with Gasteiger partial charge in [0.05, 0.1) is 17.3 Å². The van der Waals surface area contributed by atoms with Crippen molar-refractivity contribution in [2.45, 2.75) is 0 Å². The summed E-state index contributed by atoms with van der Waals surface area (Å²) in [6.07, 6.45) is 0. The molecular formula is C8H7N2OS. The van der Waals surface area contributed by atoms with E-state index in [1.54, 1.807) is 13.2 Å². The van der Waals surface area contributed by atoms with Crippen LogP contribution in [-0.4, -0.2) is 12.1 Å². The van der Waals surface area contributed by atoms with Gasteiger partial charge in [-0.1, -0.05) is 11.3 Å². The summed E-state index contributed by atoms with van der Waals surface area (Å²) in [4.78, 5) is 4.07. The van der Waals surface area contributed by atoms with Gasteiger partial charge in [-0.25, -0.2) is 4.98 Å². The number of nitrogen functional groups attached to an aromatic ring is 1. The van der Waals surface area contributed by atoms with E-state index >= 15 is 0 Å². The maximum absolute atomic E-state index is 5.53. The van der Waals surface area contributed by atoms with Gasteiger partial charge in [-0.2, -0.15) is 0 Å². The van der Waals surface area contributed by atoms with Gasteiger partial charge in [0.2, 0.25) is 0 Å². The van der Waals surface area contributed by atoms with Gasteiger partial charge in [0, 0.05) is 6.07 Å². The number of anilines is 1. The Kier molecular flexibility index (Phi) is 1.62. The van der Waals surface area contributed by atoms with Crippen molar-refractivity contribution in [2.24, 2.45) is 0 Å². The molecule has 0 bridgehead atoms. The maximum atomic E-state index is 5.53. The number of nitrogens with zero attached hydrogens (tertiary/aromatic N) is 1. The number of aromatic nitrogens is 1. The minimum atomic E-state index is 0.564. The quantitative estimate of drug-likeness (QED) is 0.724. The lowest BCUT2D eigenvalue weighted by molar-refractivity contribution is 0.415. The van der Waals surface area contributed by atoms with Crippen molar-refractivity contribution >= 4 is 26.7 Å². The Morgan fingerprint density at radius 2 is 2.50 bits per heavy atom. The van der Waals surface area contributed by atoms with Gasteiger partial charge in [0.25, 0.3) is 0 Å². The second-order valence-corrected chi connectivity index (χ2v) is 3.37. The Hall–Kier alpha value is -1.29. The summed E-state index contributed by atoms with van der Waals surface area (Å²) in [5, 5.41) is 0.564. The van der Waals surface area contributed by atoms with Gasteiger partial charge in [-0.3, -0.25) is 0 Å². The first-order chi connectivity index (χ1) is 5.79. The Morgan fingerprint density at radius 1 is 1.67 bits per heavy atom. The number of ether oxygens (including phenoxy) is 1. The molecule has 0 aliphatic rings. The van der Waals surface area contributed by atoms with E-state index in [0.717, 1.165) is 16.0 Å². The third-order valence-electron chi connectivity index (χ3n) is 1.53. The van der Waals surface area contributed by atoms with Gasteiger partial charge in [-0.05, 0) is 12.1 Å². The fourth-order valence-electron chi connectivity index (χ4n) is 0.979. The van der Waals surface area contributed by atoms with Crippen LogP contribution in [0.25, 0.3) is 10.2 Å². The zero-order valence-electron chi connectivity index (χ0n) is 6.50. The van der Waals surface area contributed by atoms with Crippen LogP contribution in [0.3, 0.4) is 0 Å². The Labute approximate surface area is 73.8 Å². The molecule has 12 heavy (non-hydrogen) atoms. The van der Waals surface area contributed by atoms with Crippen molar-refractivity contribution in [2.75, 3.05) is 12.8 Å². The smallest absolute Gasteiger partial charge is 0.181 e. The Balaban J connectivity index is 2.66. The largest absolute Gasteiger partial charge is 0.497 e. The first-order valence-electron chi connectivity index (χ1n) is 3.41. The number of benzene rings is 1. The summed E-state index contributed by atoms with van der Waals surface area (Å²) >= 11 is 1.44. The number of rotatable bonds is 1. The standard InChI is InChI=1S/C8H7N2OS/c1-11-5-2-3-6-7(4-5)12-8(9)10-6/h2,4H,1H3,(H2,9,10). The number of hydrogen-bond donors (Lipinski definition) is 1. The summed E-state index contributed by atoms with van der Waals surface area (Å²) < 4.78 is 6.04. The Bertz CT molecular complexity index is 410. The van der Waals surface area contributed by atoms with Crippen LogP contribution >= 0.6 is 11.3 Å². The molecule has 2 N–H and O–H groups in total. The van der Waals surface area contributed by atoms with Crippen LogP contribution in [0.1, 0.15) is 0 Å². The molecule has 0 fully saturated rings. The average molecular weight is 179 g/mol. The first-order valence-corrected chi connectivity index (χ1v) is 4.23. The van der Waals surface area contributed by atoms with Gasteiger partial charge in [-0.15, -0.1) is 0 Å². The van der Waals surface area contributed by atoms with Crippen molar-refractivity contribution in [1.29, 1.82) is 0 Å². The SMILES string of the molecule is COc1c[c]c2nc(N)sc2c1. The molecule has 3 nitrogen and oxygen atoms in total. The summed E-state index contributed by atoms with van der Waals surface area (Å²) in [5.74, 6) is 0.783. The molecule has 1 aromatic heterocycles. The zero-order valence-corrected chi connectivity index (χ0v) is 7.31. The van der Waals surface area contributed by atoms with E-state index in [1.807, 2.05) is 6.07 Å². The number of thiazole rings is 1. The molecule has 2 aromatic rings. The number of methoxy groups -OCH3 is 1. The lowest BCUT2D eigenvalue weighted by Crippen LogP contribution is -1.81. The normalized spacial score (nSPS) is 10.4. The van der Waals surface area contributed by atoms with E-state index in [1.165, 1.54) is 11.3 Å². The molecule has 1 aromatic carbocycles. The highest BCUT2D eigenvalue weighted by molar-refractivity contribution is 7.22. The van der Waals surface area contributed by atoms with Crippen molar-refractivity contribution in [1.82, 2.24) is 4.98 Å². The van der Waals surface area contributed by atoms with E-state index in [2.05, 4.69) is 11.1 Å². The molecule has 0 unspecified atom stereocenters. The molecule has 0 atom stereocenters. The van der Waals surface area contributed by atoms with E-state index in [-0.39, 0.29) is 0 Å². The fraction of sp³-hybridized carbons (Fsp3) is 0.125. The highest BCUT2D eigenvalue weighted by Gasteiger charge is 2.01. The van der Waals surface area contributed by atoms with Crippen LogP contribution in [-0.2, 0) is 0 Å². The fourth-order valence-corrected chi connectivity index (χ4v) is 1.72. The molecular weight excluding hydrogens is 172 g/mol. The highest BCUT2D eigenvalue weighted by Crippen LogP contribution is 2.26. The molecule has 2 rings (SSSR count). The van der Waals surface area contributed by atoms with Crippen LogP contribution in [0.5, 0.6) is 5.75 Å². The van der Waals surface area contributed by atoms with E-state index in [9.17, 15) is 0 Å². The molecule has 1 heterocycles. The van der Waals surface area contributed by atoms with Crippen molar-refractivity contribution < 1.29 is 4.74 Å². The van der Waals surface area contributed by atoms with Crippen molar-refractivity contribution in [3.63, 3.8) is 0 Å². The Morgan fingerprint density at radius 3 is 3.25 bits per heavy atom. The monoisotopic (exact) mass is 179 g/mol. The van der Waals surface area contributed by atoms with Crippen LogP contribution in [0.4, 0.5) is 5.13 Å². The van der Waals surface area contributed by atoms with Crippen LogP contribution in [0.2, 0.25) is 0 Å². The minimum Gasteiger partial charge on any atom is -0.497 e. The number of nitrogens with two attached hydrogens (primary N) is 1. The molecule has 0 saturated heterocycles.